The van der Waals surface area contributed by atoms with Crippen LogP contribution in [0.4, 0.5) is 0 Å². The minimum atomic E-state index is -0.336. The molecule has 0 aromatic carbocycles. The van der Waals surface area contributed by atoms with Crippen molar-refractivity contribution >= 4 is 21.6 Å². The van der Waals surface area contributed by atoms with Crippen LogP contribution < -0.4 is 0 Å². The third-order valence-corrected chi connectivity index (χ3v) is 4.59. The van der Waals surface area contributed by atoms with Crippen LogP contribution in [0.1, 0.15) is 43.8 Å². The summed E-state index contributed by atoms with van der Waals surface area (Å²) in [6.45, 7) is 0. The van der Waals surface area contributed by atoms with E-state index in [0.717, 1.165) is 17.5 Å². The minimum Gasteiger partial charge on any atom is -0.388 e. The van der Waals surface area contributed by atoms with Crippen molar-refractivity contribution in [2.75, 3.05) is 0 Å². The fourth-order valence-electron chi connectivity index (χ4n) is 2.74. The molecule has 0 bridgehead atoms. The maximum Gasteiger partial charge on any atom is 0.0809 e. The predicted octanol–water partition coefficient (Wildman–Crippen LogP) is 3.91. The van der Waals surface area contributed by atoms with Crippen LogP contribution in [0.3, 0.4) is 0 Å². The first-order valence-corrected chi connectivity index (χ1v) is 7.22. The Morgan fingerprint density at radius 3 is 3.06 bits per heavy atom. The standard InChI is InChI=1S/C14H17NOS/c16-13(7-10-3-1-2-4-10)11-8-14-12(15-9-11)5-6-17-14/h5-6,8-10,13,16H,1-4,7H2. The van der Waals surface area contributed by atoms with Crippen LogP contribution in [0, 0.1) is 5.92 Å². The van der Waals surface area contributed by atoms with E-state index >= 15 is 0 Å². The molecule has 17 heavy (non-hydrogen) atoms. The maximum atomic E-state index is 10.2. The monoisotopic (exact) mass is 247 g/mol. The SMILES string of the molecule is OC(CC1CCCC1)c1cnc2ccsc2c1. The Morgan fingerprint density at radius 1 is 1.41 bits per heavy atom. The lowest BCUT2D eigenvalue weighted by molar-refractivity contribution is 0.144. The second kappa shape index (κ2) is 4.75. The Labute approximate surface area is 105 Å². The molecule has 1 fully saturated rings. The number of hydrogen-bond donors (Lipinski definition) is 1. The molecule has 2 nitrogen and oxygen atoms in total. The molecule has 1 aliphatic carbocycles. The van der Waals surface area contributed by atoms with E-state index in [2.05, 4.69) is 11.1 Å². The molecule has 2 aromatic heterocycles. The molecule has 1 atom stereocenters. The van der Waals surface area contributed by atoms with Crippen molar-refractivity contribution in [3.8, 4) is 0 Å². The molecular weight excluding hydrogens is 230 g/mol. The normalized spacial score (nSPS) is 18.9. The molecule has 3 heteroatoms. The van der Waals surface area contributed by atoms with E-state index in [-0.39, 0.29) is 6.10 Å². The molecule has 0 radical (unpaired) electrons. The lowest BCUT2D eigenvalue weighted by atomic mass is 9.96. The second-order valence-electron chi connectivity index (χ2n) is 4.97. The fourth-order valence-corrected chi connectivity index (χ4v) is 3.53. The van der Waals surface area contributed by atoms with Gasteiger partial charge in [0.15, 0.2) is 0 Å². The quantitative estimate of drug-likeness (QED) is 0.892. The molecular formula is C14H17NOS. The van der Waals surface area contributed by atoms with Gasteiger partial charge in [-0.25, -0.2) is 0 Å². The predicted molar refractivity (Wildman–Crippen MR) is 71.2 cm³/mol. The van der Waals surface area contributed by atoms with Crippen LogP contribution in [0.2, 0.25) is 0 Å². The van der Waals surface area contributed by atoms with Crippen molar-refractivity contribution < 1.29 is 5.11 Å². The number of aliphatic hydroxyl groups is 1. The molecule has 90 valence electrons. The number of rotatable bonds is 3. The van der Waals surface area contributed by atoms with E-state index in [1.54, 1.807) is 11.3 Å². The van der Waals surface area contributed by atoms with Gasteiger partial charge in [-0.2, -0.15) is 0 Å². The zero-order chi connectivity index (χ0) is 11.7. The van der Waals surface area contributed by atoms with Crippen molar-refractivity contribution in [2.45, 2.75) is 38.2 Å². The van der Waals surface area contributed by atoms with Crippen molar-refractivity contribution in [1.82, 2.24) is 4.98 Å². The molecule has 2 aromatic rings. The van der Waals surface area contributed by atoms with Crippen molar-refractivity contribution in [3.05, 3.63) is 29.3 Å². The van der Waals surface area contributed by atoms with Gasteiger partial charge in [-0.3, -0.25) is 4.98 Å². The molecule has 2 heterocycles. The third kappa shape index (κ3) is 2.35. The summed E-state index contributed by atoms with van der Waals surface area (Å²) in [6.07, 6.45) is 7.63. The first-order chi connectivity index (χ1) is 8.33. The Morgan fingerprint density at radius 2 is 2.24 bits per heavy atom. The van der Waals surface area contributed by atoms with Crippen LogP contribution in [-0.2, 0) is 0 Å². The largest absolute Gasteiger partial charge is 0.388 e. The smallest absolute Gasteiger partial charge is 0.0809 e. The molecule has 0 spiro atoms. The van der Waals surface area contributed by atoms with E-state index in [0.29, 0.717) is 5.92 Å². The molecule has 0 saturated heterocycles. The van der Waals surface area contributed by atoms with Crippen LogP contribution in [0.15, 0.2) is 23.7 Å². The van der Waals surface area contributed by atoms with Gasteiger partial charge in [0.1, 0.15) is 0 Å². The summed E-state index contributed by atoms with van der Waals surface area (Å²) < 4.78 is 1.17. The second-order valence-corrected chi connectivity index (χ2v) is 5.92. The summed E-state index contributed by atoms with van der Waals surface area (Å²) in [5.41, 5.74) is 2.01. The average molecular weight is 247 g/mol. The molecule has 1 N–H and O–H groups in total. The van der Waals surface area contributed by atoms with E-state index in [1.165, 1.54) is 30.4 Å². The van der Waals surface area contributed by atoms with Gasteiger partial charge in [0.2, 0.25) is 0 Å². The molecule has 0 aliphatic heterocycles. The van der Waals surface area contributed by atoms with Gasteiger partial charge in [-0.1, -0.05) is 25.7 Å². The molecule has 1 unspecified atom stereocenters. The maximum absolute atomic E-state index is 10.2. The first kappa shape index (κ1) is 11.2. The topological polar surface area (TPSA) is 33.1 Å². The number of thiophene rings is 1. The van der Waals surface area contributed by atoms with Gasteiger partial charge in [0, 0.05) is 11.8 Å². The number of aromatic nitrogens is 1. The van der Waals surface area contributed by atoms with Crippen LogP contribution >= 0.6 is 11.3 Å². The van der Waals surface area contributed by atoms with Gasteiger partial charge in [-0.15, -0.1) is 11.3 Å². The molecule has 3 rings (SSSR count). The highest BCUT2D eigenvalue weighted by atomic mass is 32.1. The Balaban J connectivity index is 1.77. The number of nitrogens with zero attached hydrogens (tertiary/aromatic N) is 1. The van der Waals surface area contributed by atoms with Gasteiger partial charge in [0.25, 0.3) is 0 Å². The number of aliphatic hydroxyl groups excluding tert-OH is 1. The van der Waals surface area contributed by atoms with Crippen LogP contribution in [0.25, 0.3) is 10.2 Å². The minimum absolute atomic E-state index is 0.336. The van der Waals surface area contributed by atoms with E-state index < -0.39 is 0 Å². The number of pyridine rings is 1. The zero-order valence-electron chi connectivity index (χ0n) is 9.80. The number of hydrogen-bond acceptors (Lipinski definition) is 3. The first-order valence-electron chi connectivity index (χ1n) is 6.34. The summed E-state index contributed by atoms with van der Waals surface area (Å²) in [7, 11) is 0. The summed E-state index contributed by atoms with van der Waals surface area (Å²) in [5.74, 6) is 0.712. The van der Waals surface area contributed by atoms with Gasteiger partial charge < -0.3 is 5.11 Å². The molecule has 1 saturated carbocycles. The highest BCUT2D eigenvalue weighted by molar-refractivity contribution is 7.17. The van der Waals surface area contributed by atoms with Gasteiger partial charge >= 0.3 is 0 Å². The van der Waals surface area contributed by atoms with Gasteiger partial charge in [-0.05, 0) is 29.9 Å². The van der Waals surface area contributed by atoms with E-state index in [1.807, 2.05) is 17.6 Å². The van der Waals surface area contributed by atoms with E-state index in [9.17, 15) is 5.11 Å². The van der Waals surface area contributed by atoms with Crippen LogP contribution in [-0.4, -0.2) is 10.1 Å². The van der Waals surface area contributed by atoms with Crippen molar-refractivity contribution in [1.29, 1.82) is 0 Å². The summed E-state index contributed by atoms with van der Waals surface area (Å²) in [4.78, 5) is 4.39. The number of fused-ring (bicyclic) bond motifs is 1. The Kier molecular flexibility index (Phi) is 3.12. The molecule has 1 aliphatic rings. The molecule has 0 amide bonds. The summed E-state index contributed by atoms with van der Waals surface area (Å²) in [6, 6.07) is 4.11. The summed E-state index contributed by atoms with van der Waals surface area (Å²) >= 11 is 1.69. The lowest BCUT2D eigenvalue weighted by Gasteiger charge is -2.15. The average Bonchev–Trinajstić information content (AvgIpc) is 2.97. The summed E-state index contributed by atoms with van der Waals surface area (Å²) in [5, 5.41) is 12.3. The zero-order valence-corrected chi connectivity index (χ0v) is 10.6. The Hall–Kier alpha value is -0.930. The lowest BCUT2D eigenvalue weighted by Crippen LogP contribution is -2.04. The van der Waals surface area contributed by atoms with Crippen molar-refractivity contribution in [2.24, 2.45) is 5.92 Å². The third-order valence-electron chi connectivity index (χ3n) is 3.74. The highest BCUT2D eigenvalue weighted by Gasteiger charge is 2.20. The van der Waals surface area contributed by atoms with Gasteiger partial charge in [0.05, 0.1) is 16.3 Å². The van der Waals surface area contributed by atoms with Crippen LogP contribution in [0.5, 0.6) is 0 Å². The highest BCUT2D eigenvalue weighted by Crippen LogP contribution is 2.33. The Bertz CT molecular complexity index is 502. The van der Waals surface area contributed by atoms with Crippen molar-refractivity contribution in [3.63, 3.8) is 0 Å². The van der Waals surface area contributed by atoms with E-state index in [4.69, 9.17) is 0 Å². The fraction of sp³-hybridized carbons (Fsp3) is 0.500.